The minimum atomic E-state index is -0.943. The third kappa shape index (κ3) is 9.19. The minimum Gasteiger partial charge on any atom is -0.464 e. The van der Waals surface area contributed by atoms with Crippen molar-refractivity contribution in [2.75, 3.05) is 6.61 Å². The Bertz CT molecular complexity index is 855. The topological polar surface area (TPSA) is 149 Å². The highest BCUT2D eigenvalue weighted by molar-refractivity contribution is 5.94. The molecule has 3 amide bonds. The van der Waals surface area contributed by atoms with Gasteiger partial charge in [0.1, 0.15) is 23.6 Å². The average Bonchev–Trinajstić information content (AvgIpc) is 3.51. The molecule has 1 saturated heterocycles. The first-order chi connectivity index (χ1) is 17.3. The van der Waals surface area contributed by atoms with Gasteiger partial charge in [0.15, 0.2) is 6.10 Å². The van der Waals surface area contributed by atoms with Gasteiger partial charge in [-0.3, -0.25) is 14.4 Å². The fourth-order valence-corrected chi connectivity index (χ4v) is 4.06. The molecule has 0 aromatic carbocycles. The van der Waals surface area contributed by atoms with Crippen molar-refractivity contribution in [3.63, 3.8) is 0 Å². The van der Waals surface area contributed by atoms with Gasteiger partial charge in [0.05, 0.1) is 6.61 Å². The highest BCUT2D eigenvalue weighted by atomic mass is 16.6. The van der Waals surface area contributed by atoms with E-state index in [0.717, 1.165) is 12.8 Å². The molecular formula is C26H43N3O8. The van der Waals surface area contributed by atoms with E-state index in [0.29, 0.717) is 12.8 Å². The molecular weight excluding hydrogens is 482 g/mol. The van der Waals surface area contributed by atoms with Crippen LogP contribution in [0.1, 0.15) is 80.6 Å². The second-order valence-corrected chi connectivity index (χ2v) is 11.1. The van der Waals surface area contributed by atoms with E-state index in [1.165, 1.54) is 6.92 Å². The zero-order valence-electron chi connectivity index (χ0n) is 23.1. The predicted molar refractivity (Wildman–Crippen MR) is 134 cm³/mol. The van der Waals surface area contributed by atoms with Crippen LogP contribution in [-0.2, 0) is 33.4 Å². The summed E-state index contributed by atoms with van der Waals surface area (Å²) < 4.78 is 15.6. The number of rotatable bonds is 13. The van der Waals surface area contributed by atoms with Crippen LogP contribution in [0.15, 0.2) is 0 Å². The first-order valence-electron chi connectivity index (χ1n) is 13.2. The van der Waals surface area contributed by atoms with Crippen LogP contribution in [0.2, 0.25) is 0 Å². The summed E-state index contributed by atoms with van der Waals surface area (Å²) in [5.74, 6) is -2.26. The fourth-order valence-electron chi connectivity index (χ4n) is 4.06. The Morgan fingerprint density at radius 2 is 1.78 bits per heavy atom. The Hall–Kier alpha value is -2.85. The molecule has 1 heterocycles. The van der Waals surface area contributed by atoms with Crippen molar-refractivity contribution in [1.82, 2.24) is 16.0 Å². The van der Waals surface area contributed by atoms with Crippen LogP contribution in [0.25, 0.3) is 0 Å². The first kappa shape index (κ1) is 30.4. The maximum atomic E-state index is 12.7. The first-order valence-corrected chi connectivity index (χ1v) is 13.2. The molecule has 37 heavy (non-hydrogen) atoms. The van der Waals surface area contributed by atoms with Gasteiger partial charge in [0, 0.05) is 6.04 Å². The number of carbonyl (C=O) groups is 5. The maximum absolute atomic E-state index is 12.7. The van der Waals surface area contributed by atoms with Crippen LogP contribution < -0.4 is 16.0 Å². The molecule has 2 rings (SSSR count). The zero-order chi connectivity index (χ0) is 27.9. The number of nitrogens with one attached hydrogen (secondary N) is 3. The van der Waals surface area contributed by atoms with Gasteiger partial charge in [-0.1, -0.05) is 33.6 Å². The highest BCUT2D eigenvalue weighted by Crippen LogP contribution is 2.37. The van der Waals surface area contributed by atoms with Crippen LogP contribution in [0.4, 0.5) is 4.79 Å². The summed E-state index contributed by atoms with van der Waals surface area (Å²) in [6, 6.07) is -2.07. The number of unbranched alkanes of at least 4 members (excludes halogenated alkanes) is 1. The van der Waals surface area contributed by atoms with Crippen molar-refractivity contribution in [2.45, 2.75) is 110 Å². The third-order valence-electron chi connectivity index (χ3n) is 6.62. The molecule has 0 aromatic heterocycles. The molecule has 0 spiro atoms. The third-order valence-corrected chi connectivity index (χ3v) is 6.62. The van der Waals surface area contributed by atoms with E-state index in [-0.39, 0.29) is 42.8 Å². The van der Waals surface area contributed by atoms with Crippen molar-refractivity contribution in [2.24, 2.45) is 17.8 Å². The minimum absolute atomic E-state index is 0.0424. The quantitative estimate of drug-likeness (QED) is 0.188. The summed E-state index contributed by atoms with van der Waals surface area (Å²) in [5, 5.41) is 8.03. The molecule has 11 nitrogen and oxygen atoms in total. The molecule has 0 radical (unpaired) electrons. The van der Waals surface area contributed by atoms with Gasteiger partial charge < -0.3 is 30.2 Å². The van der Waals surface area contributed by atoms with Crippen molar-refractivity contribution in [3.8, 4) is 0 Å². The van der Waals surface area contributed by atoms with Gasteiger partial charge in [-0.15, -0.1) is 0 Å². The second-order valence-electron chi connectivity index (χ2n) is 11.1. The number of alkyl carbamates (subject to hydrolysis) is 1. The van der Waals surface area contributed by atoms with E-state index in [4.69, 9.17) is 14.2 Å². The fraction of sp³-hybridized carbons (Fsp3) is 0.808. The molecule has 0 aromatic rings. The molecule has 0 bridgehead atoms. The number of hydrogen-bond donors (Lipinski definition) is 3. The lowest BCUT2D eigenvalue weighted by Gasteiger charge is -2.37. The van der Waals surface area contributed by atoms with E-state index in [2.05, 4.69) is 16.0 Å². The summed E-state index contributed by atoms with van der Waals surface area (Å²) in [5.41, 5.74) is -0.719. The van der Waals surface area contributed by atoms with Gasteiger partial charge >= 0.3 is 18.0 Å². The van der Waals surface area contributed by atoms with Crippen molar-refractivity contribution in [1.29, 1.82) is 0 Å². The van der Waals surface area contributed by atoms with Crippen LogP contribution in [-0.4, -0.2) is 66.3 Å². The number of hydrogen-bond acceptors (Lipinski definition) is 8. The van der Waals surface area contributed by atoms with E-state index in [1.807, 2.05) is 20.8 Å². The summed E-state index contributed by atoms with van der Waals surface area (Å²) in [4.78, 5) is 62.0. The molecule has 7 atom stereocenters. The molecule has 2 aliphatic rings. The Balaban J connectivity index is 1.93. The van der Waals surface area contributed by atoms with Gasteiger partial charge in [0.2, 0.25) is 5.91 Å². The smallest absolute Gasteiger partial charge is 0.408 e. The van der Waals surface area contributed by atoms with Crippen LogP contribution in [0.5, 0.6) is 0 Å². The number of carbonyl (C=O) groups excluding carboxylic acids is 5. The monoisotopic (exact) mass is 525 g/mol. The second kappa shape index (κ2) is 13.1. The van der Waals surface area contributed by atoms with Crippen molar-refractivity contribution >= 4 is 29.8 Å². The van der Waals surface area contributed by atoms with Gasteiger partial charge in [-0.05, 0) is 58.8 Å². The van der Waals surface area contributed by atoms with E-state index in [9.17, 15) is 24.0 Å². The molecule has 1 unspecified atom stereocenters. The zero-order valence-corrected chi connectivity index (χ0v) is 23.1. The normalized spacial score (nSPS) is 24.9. The Labute approximate surface area is 219 Å². The SMILES string of the molecule is CCCCOC(=O)[C@@H](C[C@@H]1CC1NC(=O)[C@@H]1OC(=O)[C@H]1[C@@H](C)CC)NC(=O)[C@@H](C)NC(=O)OC(C)(C)C. The molecule has 210 valence electrons. The number of amides is 3. The Morgan fingerprint density at radius 1 is 1.11 bits per heavy atom. The van der Waals surface area contributed by atoms with Crippen LogP contribution in [0.3, 0.4) is 0 Å². The number of cyclic esters (lactones) is 1. The average molecular weight is 526 g/mol. The Kier molecular flexibility index (Phi) is 10.8. The largest absolute Gasteiger partial charge is 0.464 e. The van der Waals surface area contributed by atoms with Crippen LogP contribution >= 0.6 is 0 Å². The van der Waals surface area contributed by atoms with Gasteiger partial charge in [-0.25, -0.2) is 9.59 Å². The van der Waals surface area contributed by atoms with Crippen molar-refractivity contribution in [3.05, 3.63) is 0 Å². The molecule has 1 saturated carbocycles. The maximum Gasteiger partial charge on any atom is 0.408 e. The highest BCUT2D eigenvalue weighted by Gasteiger charge is 2.51. The lowest BCUT2D eigenvalue weighted by Crippen LogP contribution is -2.56. The van der Waals surface area contributed by atoms with E-state index in [1.54, 1.807) is 20.8 Å². The number of esters is 2. The van der Waals surface area contributed by atoms with Gasteiger partial charge in [0.25, 0.3) is 5.91 Å². The molecule has 3 N–H and O–H groups in total. The summed E-state index contributed by atoms with van der Waals surface area (Å²) in [6.07, 6.45) is 1.66. The van der Waals surface area contributed by atoms with Crippen LogP contribution in [0, 0.1) is 17.8 Å². The predicted octanol–water partition coefficient (Wildman–Crippen LogP) is 2.21. The van der Waals surface area contributed by atoms with E-state index >= 15 is 0 Å². The van der Waals surface area contributed by atoms with Gasteiger partial charge in [-0.2, -0.15) is 0 Å². The standard InChI is InChI=1S/C26H43N3O8/c1-8-10-11-35-23(32)18(29-21(30)15(4)27-25(34)37-26(5,6)7)13-16-12-17(16)28-22(31)20-19(14(3)9-2)24(33)36-20/h14-20H,8-13H2,1-7H3,(H,27,34)(H,28,31)(H,29,30)/t14-,15+,16-,17?,18+,19-,20+/m0/s1. The molecule has 1 aliphatic carbocycles. The summed E-state index contributed by atoms with van der Waals surface area (Å²) in [6.45, 7) is 12.7. The Morgan fingerprint density at radius 3 is 2.35 bits per heavy atom. The number of ether oxygens (including phenoxy) is 3. The van der Waals surface area contributed by atoms with Crippen molar-refractivity contribution < 1.29 is 38.2 Å². The summed E-state index contributed by atoms with van der Waals surface area (Å²) >= 11 is 0. The lowest BCUT2D eigenvalue weighted by molar-refractivity contribution is -0.193. The summed E-state index contributed by atoms with van der Waals surface area (Å²) in [7, 11) is 0. The molecule has 2 fully saturated rings. The van der Waals surface area contributed by atoms with E-state index < -0.39 is 47.7 Å². The molecule has 1 aliphatic heterocycles. The lowest BCUT2D eigenvalue weighted by atomic mass is 9.83. The molecule has 11 heteroatoms.